The Labute approximate surface area is 96.6 Å². The van der Waals surface area contributed by atoms with E-state index >= 15 is 0 Å². The highest BCUT2D eigenvalue weighted by Gasteiger charge is 2.41. The molecule has 1 aromatic carbocycles. The second-order valence-corrected chi connectivity index (χ2v) is 4.55. The molecule has 0 bridgehead atoms. The lowest BCUT2D eigenvalue weighted by Gasteiger charge is -2.27. The van der Waals surface area contributed by atoms with Crippen LogP contribution in [0, 0.1) is 5.82 Å². The minimum absolute atomic E-state index is 0.109. The van der Waals surface area contributed by atoms with Crippen molar-refractivity contribution in [3.63, 3.8) is 0 Å². The quantitative estimate of drug-likeness (QED) is 0.754. The Kier molecular flexibility index (Phi) is 2.89. The van der Waals surface area contributed by atoms with E-state index in [0.29, 0.717) is 12.8 Å². The van der Waals surface area contributed by atoms with Crippen molar-refractivity contribution in [1.29, 1.82) is 0 Å². The number of alkyl halides is 3. The average Bonchev–Trinajstić information content (AvgIpc) is 2.64. The maximum absolute atomic E-state index is 13.1. The van der Waals surface area contributed by atoms with Gasteiger partial charge in [-0.05, 0) is 36.6 Å². The van der Waals surface area contributed by atoms with Gasteiger partial charge in [0, 0.05) is 5.54 Å². The van der Waals surface area contributed by atoms with Gasteiger partial charge < -0.3 is 5.73 Å². The van der Waals surface area contributed by atoms with Crippen molar-refractivity contribution >= 4 is 0 Å². The molecule has 1 aliphatic carbocycles. The third-order valence-electron chi connectivity index (χ3n) is 3.32. The number of rotatable bonds is 1. The van der Waals surface area contributed by atoms with Crippen LogP contribution in [-0.2, 0) is 11.7 Å². The van der Waals surface area contributed by atoms with Crippen molar-refractivity contribution in [1.82, 2.24) is 0 Å². The molecule has 0 atom stereocenters. The average molecular weight is 247 g/mol. The van der Waals surface area contributed by atoms with Crippen molar-refractivity contribution in [2.45, 2.75) is 37.4 Å². The fourth-order valence-electron chi connectivity index (χ4n) is 2.45. The van der Waals surface area contributed by atoms with E-state index in [1.807, 2.05) is 0 Å². The molecule has 0 aliphatic heterocycles. The highest BCUT2D eigenvalue weighted by Crippen LogP contribution is 2.42. The summed E-state index contributed by atoms with van der Waals surface area (Å²) in [7, 11) is 0. The summed E-state index contributed by atoms with van der Waals surface area (Å²) in [5.74, 6) is -0.676. The molecule has 0 spiro atoms. The van der Waals surface area contributed by atoms with E-state index in [2.05, 4.69) is 0 Å². The zero-order valence-electron chi connectivity index (χ0n) is 9.15. The van der Waals surface area contributed by atoms with Crippen LogP contribution in [0.4, 0.5) is 17.6 Å². The number of hydrogen-bond donors (Lipinski definition) is 1. The number of hydrogen-bond acceptors (Lipinski definition) is 1. The van der Waals surface area contributed by atoms with Gasteiger partial charge in [0.1, 0.15) is 5.82 Å². The first kappa shape index (κ1) is 12.4. The van der Waals surface area contributed by atoms with E-state index < -0.39 is 23.1 Å². The van der Waals surface area contributed by atoms with Gasteiger partial charge in [-0.2, -0.15) is 13.2 Å². The first-order chi connectivity index (χ1) is 7.83. The van der Waals surface area contributed by atoms with Crippen LogP contribution in [0.1, 0.15) is 36.8 Å². The summed E-state index contributed by atoms with van der Waals surface area (Å²) < 4.78 is 51.6. The van der Waals surface area contributed by atoms with Crippen LogP contribution in [0.2, 0.25) is 0 Å². The van der Waals surface area contributed by atoms with Crippen LogP contribution >= 0.6 is 0 Å². The Bertz CT molecular complexity index is 419. The lowest BCUT2D eigenvalue weighted by molar-refractivity contribution is -0.138. The molecular weight excluding hydrogens is 234 g/mol. The predicted octanol–water partition coefficient (Wildman–Crippen LogP) is 3.57. The molecule has 94 valence electrons. The topological polar surface area (TPSA) is 26.0 Å². The molecule has 17 heavy (non-hydrogen) atoms. The summed E-state index contributed by atoms with van der Waals surface area (Å²) in [6.07, 6.45) is -1.98. The van der Waals surface area contributed by atoms with E-state index in [-0.39, 0.29) is 5.56 Å². The Morgan fingerprint density at radius 1 is 1.12 bits per heavy atom. The highest BCUT2D eigenvalue weighted by molar-refractivity contribution is 5.36. The molecule has 2 N–H and O–H groups in total. The molecule has 5 heteroatoms. The lowest BCUT2D eigenvalue weighted by atomic mass is 9.85. The minimum atomic E-state index is -4.49. The summed E-state index contributed by atoms with van der Waals surface area (Å²) >= 11 is 0. The van der Waals surface area contributed by atoms with Crippen LogP contribution in [0.25, 0.3) is 0 Å². The molecule has 0 heterocycles. The fraction of sp³-hybridized carbons (Fsp3) is 0.500. The first-order valence-corrected chi connectivity index (χ1v) is 5.49. The SMILES string of the molecule is NC1(c2cc(F)ccc2C(F)(F)F)CCCC1. The standard InChI is InChI=1S/C12H13F4N/c13-8-3-4-9(12(14,15)16)10(7-8)11(17)5-1-2-6-11/h3-4,7H,1-2,5-6,17H2. The molecular formula is C12H13F4N. The summed E-state index contributed by atoms with van der Waals surface area (Å²) in [5, 5.41) is 0. The van der Waals surface area contributed by atoms with Gasteiger partial charge in [0.2, 0.25) is 0 Å². The molecule has 2 rings (SSSR count). The Morgan fingerprint density at radius 2 is 1.71 bits per heavy atom. The number of benzene rings is 1. The summed E-state index contributed by atoms with van der Waals surface area (Å²) in [4.78, 5) is 0. The van der Waals surface area contributed by atoms with E-state index in [1.54, 1.807) is 0 Å². The maximum atomic E-state index is 13.1. The third kappa shape index (κ3) is 2.29. The van der Waals surface area contributed by atoms with Gasteiger partial charge in [-0.15, -0.1) is 0 Å². The molecule has 1 nitrogen and oxygen atoms in total. The molecule has 1 fully saturated rings. The smallest absolute Gasteiger partial charge is 0.321 e. The Morgan fingerprint density at radius 3 is 2.24 bits per heavy atom. The van der Waals surface area contributed by atoms with Gasteiger partial charge >= 0.3 is 6.18 Å². The van der Waals surface area contributed by atoms with Gasteiger partial charge in [-0.1, -0.05) is 12.8 Å². The molecule has 0 radical (unpaired) electrons. The molecule has 0 unspecified atom stereocenters. The monoisotopic (exact) mass is 247 g/mol. The second kappa shape index (κ2) is 3.98. The molecule has 1 saturated carbocycles. The molecule has 1 aliphatic rings. The largest absolute Gasteiger partial charge is 0.416 e. The zero-order chi connectivity index (χ0) is 12.7. The Hall–Kier alpha value is -1.10. The molecule has 0 amide bonds. The molecule has 0 aromatic heterocycles. The van der Waals surface area contributed by atoms with E-state index in [4.69, 9.17) is 5.73 Å². The van der Waals surface area contributed by atoms with Crippen LogP contribution in [0.15, 0.2) is 18.2 Å². The summed E-state index contributed by atoms with van der Waals surface area (Å²) in [5.41, 5.74) is 4.02. The van der Waals surface area contributed by atoms with Crippen molar-refractivity contribution < 1.29 is 17.6 Å². The zero-order valence-corrected chi connectivity index (χ0v) is 9.15. The van der Waals surface area contributed by atoms with Gasteiger partial charge in [-0.25, -0.2) is 4.39 Å². The van der Waals surface area contributed by atoms with E-state index in [9.17, 15) is 17.6 Å². The van der Waals surface area contributed by atoms with Gasteiger partial charge in [0.25, 0.3) is 0 Å². The molecule has 0 saturated heterocycles. The second-order valence-electron chi connectivity index (χ2n) is 4.55. The normalized spacial score (nSPS) is 19.6. The predicted molar refractivity (Wildman–Crippen MR) is 55.7 cm³/mol. The van der Waals surface area contributed by atoms with E-state index in [0.717, 1.165) is 31.0 Å². The van der Waals surface area contributed by atoms with E-state index in [1.165, 1.54) is 0 Å². The Balaban J connectivity index is 2.54. The molecule has 1 aromatic rings. The van der Waals surface area contributed by atoms with Gasteiger partial charge in [0.15, 0.2) is 0 Å². The summed E-state index contributed by atoms with van der Waals surface area (Å²) in [6, 6.07) is 2.52. The van der Waals surface area contributed by atoms with Crippen LogP contribution < -0.4 is 5.73 Å². The van der Waals surface area contributed by atoms with Gasteiger partial charge in [-0.3, -0.25) is 0 Å². The highest BCUT2D eigenvalue weighted by atomic mass is 19.4. The third-order valence-corrected chi connectivity index (χ3v) is 3.32. The fourth-order valence-corrected chi connectivity index (χ4v) is 2.45. The first-order valence-electron chi connectivity index (χ1n) is 5.49. The lowest BCUT2D eigenvalue weighted by Crippen LogP contribution is -2.35. The van der Waals surface area contributed by atoms with Crippen LogP contribution in [-0.4, -0.2) is 0 Å². The van der Waals surface area contributed by atoms with Crippen molar-refractivity contribution in [3.8, 4) is 0 Å². The number of halogens is 4. The van der Waals surface area contributed by atoms with Crippen molar-refractivity contribution in [2.24, 2.45) is 5.73 Å². The van der Waals surface area contributed by atoms with Crippen molar-refractivity contribution in [2.75, 3.05) is 0 Å². The van der Waals surface area contributed by atoms with Gasteiger partial charge in [0.05, 0.1) is 5.56 Å². The maximum Gasteiger partial charge on any atom is 0.416 e. The number of nitrogens with two attached hydrogens (primary N) is 1. The van der Waals surface area contributed by atoms with Crippen molar-refractivity contribution in [3.05, 3.63) is 35.1 Å². The summed E-state index contributed by atoms with van der Waals surface area (Å²) in [6.45, 7) is 0. The van der Waals surface area contributed by atoms with Crippen LogP contribution in [0.3, 0.4) is 0 Å². The van der Waals surface area contributed by atoms with Crippen LogP contribution in [0.5, 0.6) is 0 Å². The minimum Gasteiger partial charge on any atom is -0.321 e.